The van der Waals surface area contributed by atoms with Gasteiger partial charge in [0.1, 0.15) is 0 Å². The number of amides is 2. The third kappa shape index (κ3) is 5.61. The molecule has 2 amide bonds. The molecule has 3 aromatic carbocycles. The molecule has 0 spiro atoms. The standard InChI is InChI=1S/C31H32N4O5/c1-18-15-21(9-10-23(18)29(36)34-40-22-11-13-35(3)14-12-22)32-28(20-7-5-4-6-8-20)27-25-16-19(2)24(31(38)39)17-26(25)33-30(27)37/h4-10,15-17,22,32H,11-14H2,1-3H3,(H,33,37)(H,34,36)(H,38,39)/b28-27-. The summed E-state index contributed by atoms with van der Waals surface area (Å²) in [6, 6.07) is 18.0. The zero-order chi connectivity index (χ0) is 28.4. The van der Waals surface area contributed by atoms with Crippen molar-refractivity contribution in [3.05, 3.63) is 94.0 Å². The molecule has 2 heterocycles. The van der Waals surface area contributed by atoms with Gasteiger partial charge in [0.05, 0.1) is 28.6 Å². The Morgan fingerprint density at radius 3 is 2.35 bits per heavy atom. The van der Waals surface area contributed by atoms with Crippen molar-refractivity contribution in [1.82, 2.24) is 10.4 Å². The summed E-state index contributed by atoms with van der Waals surface area (Å²) in [6.45, 7) is 5.42. The number of carboxylic acid groups (broad SMARTS) is 1. The van der Waals surface area contributed by atoms with Gasteiger partial charge in [-0.25, -0.2) is 10.3 Å². The summed E-state index contributed by atoms with van der Waals surface area (Å²) >= 11 is 0. The van der Waals surface area contributed by atoms with Gasteiger partial charge in [0, 0.05) is 29.9 Å². The molecule has 4 N–H and O–H groups in total. The lowest BCUT2D eigenvalue weighted by atomic mass is 9.96. The lowest BCUT2D eigenvalue weighted by Crippen LogP contribution is -2.38. The number of piperidine rings is 1. The van der Waals surface area contributed by atoms with Crippen molar-refractivity contribution >= 4 is 40.4 Å². The molecule has 40 heavy (non-hydrogen) atoms. The second kappa shape index (κ2) is 11.3. The number of nitrogens with one attached hydrogen (secondary N) is 3. The average Bonchev–Trinajstić information content (AvgIpc) is 3.25. The fourth-order valence-corrected chi connectivity index (χ4v) is 5.12. The third-order valence-electron chi connectivity index (χ3n) is 7.38. The van der Waals surface area contributed by atoms with E-state index in [0.717, 1.165) is 37.1 Å². The highest BCUT2D eigenvalue weighted by atomic mass is 16.7. The molecule has 0 aliphatic carbocycles. The van der Waals surface area contributed by atoms with E-state index in [2.05, 4.69) is 28.1 Å². The van der Waals surface area contributed by atoms with Gasteiger partial charge in [-0.1, -0.05) is 30.3 Å². The Morgan fingerprint density at radius 1 is 0.975 bits per heavy atom. The van der Waals surface area contributed by atoms with E-state index in [1.54, 1.807) is 25.1 Å². The topological polar surface area (TPSA) is 120 Å². The minimum Gasteiger partial charge on any atom is -0.478 e. The average molecular weight is 541 g/mol. The first-order valence-electron chi connectivity index (χ1n) is 13.2. The number of rotatable bonds is 7. The van der Waals surface area contributed by atoms with Gasteiger partial charge in [-0.3, -0.25) is 14.4 Å². The zero-order valence-corrected chi connectivity index (χ0v) is 22.7. The van der Waals surface area contributed by atoms with E-state index in [4.69, 9.17) is 4.84 Å². The van der Waals surface area contributed by atoms with Crippen LogP contribution in [0.1, 0.15) is 55.8 Å². The number of aromatic carboxylic acids is 1. The van der Waals surface area contributed by atoms with Crippen molar-refractivity contribution in [1.29, 1.82) is 0 Å². The summed E-state index contributed by atoms with van der Waals surface area (Å²) in [6.07, 6.45) is 1.73. The lowest BCUT2D eigenvalue weighted by Gasteiger charge is -2.28. The predicted octanol–water partition coefficient (Wildman–Crippen LogP) is 4.69. The van der Waals surface area contributed by atoms with E-state index in [1.165, 1.54) is 6.07 Å². The van der Waals surface area contributed by atoms with Crippen LogP contribution in [0.3, 0.4) is 0 Å². The number of carbonyl (C=O) groups is 3. The molecule has 0 unspecified atom stereocenters. The smallest absolute Gasteiger partial charge is 0.336 e. The first kappa shape index (κ1) is 27.1. The maximum Gasteiger partial charge on any atom is 0.336 e. The molecule has 0 radical (unpaired) electrons. The van der Waals surface area contributed by atoms with Crippen LogP contribution >= 0.6 is 0 Å². The third-order valence-corrected chi connectivity index (χ3v) is 7.38. The molecule has 0 atom stereocenters. The van der Waals surface area contributed by atoms with Crippen molar-refractivity contribution in [3.8, 4) is 0 Å². The molecule has 3 aromatic rings. The van der Waals surface area contributed by atoms with Crippen molar-refractivity contribution in [2.75, 3.05) is 30.8 Å². The maximum absolute atomic E-state index is 13.2. The molecule has 0 bridgehead atoms. The van der Waals surface area contributed by atoms with Crippen LogP contribution in [0.4, 0.5) is 11.4 Å². The van der Waals surface area contributed by atoms with Crippen LogP contribution in [-0.2, 0) is 9.63 Å². The van der Waals surface area contributed by atoms with E-state index in [0.29, 0.717) is 39.3 Å². The monoisotopic (exact) mass is 540 g/mol. The highest BCUT2D eigenvalue weighted by molar-refractivity contribution is 6.37. The van der Waals surface area contributed by atoms with Gasteiger partial charge < -0.3 is 20.6 Å². The van der Waals surface area contributed by atoms with E-state index in [1.807, 2.05) is 43.3 Å². The Bertz CT molecular complexity index is 1510. The quantitative estimate of drug-likeness (QED) is 0.254. The summed E-state index contributed by atoms with van der Waals surface area (Å²) in [5.41, 5.74) is 8.07. The van der Waals surface area contributed by atoms with Gasteiger partial charge in [0.2, 0.25) is 0 Å². The van der Waals surface area contributed by atoms with Crippen LogP contribution in [0.5, 0.6) is 0 Å². The summed E-state index contributed by atoms with van der Waals surface area (Å²) in [4.78, 5) is 45.6. The molecule has 9 heteroatoms. The normalized spacial score (nSPS) is 16.7. The van der Waals surface area contributed by atoms with E-state index in [9.17, 15) is 19.5 Å². The molecular weight excluding hydrogens is 508 g/mol. The second-order valence-corrected chi connectivity index (χ2v) is 10.3. The molecule has 2 aliphatic rings. The highest BCUT2D eigenvalue weighted by Gasteiger charge is 2.30. The number of carboxylic acids is 1. The molecule has 1 fully saturated rings. The minimum absolute atomic E-state index is 0.00268. The number of fused-ring (bicyclic) bond motifs is 1. The van der Waals surface area contributed by atoms with Crippen molar-refractivity contribution in [3.63, 3.8) is 0 Å². The van der Waals surface area contributed by atoms with Gasteiger partial charge in [0.25, 0.3) is 11.8 Å². The number of hydrogen-bond donors (Lipinski definition) is 4. The fourth-order valence-electron chi connectivity index (χ4n) is 5.12. The van der Waals surface area contributed by atoms with Crippen molar-refractivity contribution in [2.24, 2.45) is 0 Å². The number of aryl methyl sites for hydroxylation is 2. The Kier molecular flexibility index (Phi) is 7.68. The number of nitrogens with zero attached hydrogens (tertiary/aromatic N) is 1. The highest BCUT2D eigenvalue weighted by Crippen LogP contribution is 2.39. The number of carbonyl (C=O) groups excluding carboxylic acids is 2. The number of hydrogen-bond acceptors (Lipinski definition) is 6. The minimum atomic E-state index is -1.05. The Morgan fingerprint density at radius 2 is 1.68 bits per heavy atom. The lowest BCUT2D eigenvalue weighted by molar-refractivity contribution is -0.110. The Labute approximate surface area is 232 Å². The van der Waals surface area contributed by atoms with Crippen LogP contribution < -0.4 is 16.1 Å². The SMILES string of the molecule is Cc1cc2c(cc1C(=O)O)NC(=O)/C2=C(\Nc1ccc(C(=O)NOC2CCN(C)CC2)c(C)c1)c1ccccc1. The van der Waals surface area contributed by atoms with Crippen molar-refractivity contribution in [2.45, 2.75) is 32.8 Å². The van der Waals surface area contributed by atoms with Crippen LogP contribution in [0.25, 0.3) is 11.3 Å². The first-order chi connectivity index (χ1) is 19.2. The second-order valence-electron chi connectivity index (χ2n) is 10.3. The predicted molar refractivity (Wildman–Crippen MR) is 154 cm³/mol. The van der Waals surface area contributed by atoms with Gasteiger partial charge in [-0.2, -0.15) is 0 Å². The molecule has 206 valence electrons. The van der Waals surface area contributed by atoms with Crippen LogP contribution in [0.15, 0.2) is 60.7 Å². The number of benzene rings is 3. The largest absolute Gasteiger partial charge is 0.478 e. The summed E-state index contributed by atoms with van der Waals surface area (Å²) in [5.74, 6) is -1.69. The van der Waals surface area contributed by atoms with Crippen LogP contribution in [0, 0.1) is 13.8 Å². The van der Waals surface area contributed by atoms with Crippen molar-refractivity contribution < 1.29 is 24.3 Å². The maximum atomic E-state index is 13.2. The Hall–Kier alpha value is -4.47. The fraction of sp³-hybridized carbons (Fsp3) is 0.258. The van der Waals surface area contributed by atoms with E-state index >= 15 is 0 Å². The number of anilines is 2. The van der Waals surface area contributed by atoms with E-state index < -0.39 is 5.97 Å². The van der Waals surface area contributed by atoms with Gasteiger partial charge in [-0.05, 0) is 80.8 Å². The molecule has 0 aromatic heterocycles. The van der Waals surface area contributed by atoms with Crippen LogP contribution in [0.2, 0.25) is 0 Å². The molecule has 2 aliphatic heterocycles. The van der Waals surface area contributed by atoms with Gasteiger partial charge >= 0.3 is 5.97 Å². The van der Waals surface area contributed by atoms with Gasteiger partial charge in [0.15, 0.2) is 0 Å². The van der Waals surface area contributed by atoms with E-state index in [-0.39, 0.29) is 23.5 Å². The summed E-state index contributed by atoms with van der Waals surface area (Å²) in [7, 11) is 2.07. The number of likely N-dealkylation sites (tertiary alicyclic amines) is 1. The molecule has 9 nitrogen and oxygen atoms in total. The summed E-state index contributed by atoms with van der Waals surface area (Å²) in [5, 5.41) is 15.7. The molecule has 5 rings (SSSR count). The number of hydroxylamine groups is 1. The van der Waals surface area contributed by atoms with Gasteiger partial charge in [-0.15, -0.1) is 0 Å². The molecule has 0 saturated carbocycles. The Balaban J connectivity index is 1.44. The molecular formula is C31H32N4O5. The first-order valence-corrected chi connectivity index (χ1v) is 13.2. The summed E-state index contributed by atoms with van der Waals surface area (Å²) < 4.78 is 0. The molecule has 1 saturated heterocycles. The zero-order valence-electron chi connectivity index (χ0n) is 22.7. The van der Waals surface area contributed by atoms with Crippen LogP contribution in [-0.4, -0.2) is 54.0 Å².